The Bertz CT molecular complexity index is 1680. The molecule has 2 aromatic carbocycles. The van der Waals surface area contributed by atoms with E-state index in [0.717, 1.165) is 62.9 Å². The number of hydrogen-bond acceptors (Lipinski definition) is 6. The fourth-order valence-corrected chi connectivity index (χ4v) is 5.83. The predicted molar refractivity (Wildman–Crippen MR) is 164 cm³/mol. The van der Waals surface area contributed by atoms with Crippen LogP contribution in [0.1, 0.15) is 35.5 Å². The van der Waals surface area contributed by atoms with E-state index in [2.05, 4.69) is 57.6 Å². The fraction of sp³-hybridized carbons (Fsp3) is 0.226. The minimum absolute atomic E-state index is 0.231. The van der Waals surface area contributed by atoms with Crippen LogP contribution < -0.4 is 15.8 Å². The minimum atomic E-state index is -0.231. The van der Waals surface area contributed by atoms with Gasteiger partial charge in [-0.05, 0) is 61.3 Å². The van der Waals surface area contributed by atoms with E-state index < -0.39 is 0 Å². The first-order valence-corrected chi connectivity index (χ1v) is 13.9. The summed E-state index contributed by atoms with van der Waals surface area (Å²) >= 11 is 1.65. The number of rotatable bonds is 9. The van der Waals surface area contributed by atoms with E-state index in [0.29, 0.717) is 22.9 Å². The fourth-order valence-electron chi connectivity index (χ4n) is 4.75. The van der Waals surface area contributed by atoms with Crippen LogP contribution in [0.3, 0.4) is 0 Å². The maximum Gasteiger partial charge on any atom is 0.272 e. The van der Waals surface area contributed by atoms with Gasteiger partial charge in [-0.15, -0.1) is 11.3 Å². The summed E-state index contributed by atoms with van der Waals surface area (Å²) in [5.41, 5.74) is 12.5. The van der Waals surface area contributed by atoms with Gasteiger partial charge in [0.15, 0.2) is 0 Å². The number of aryl methyl sites for hydroxylation is 1. The van der Waals surface area contributed by atoms with Gasteiger partial charge in [-0.25, -0.2) is 4.98 Å². The average Bonchev–Trinajstić information content (AvgIpc) is 3.58. The monoisotopic (exact) mass is 539 g/mol. The van der Waals surface area contributed by atoms with Crippen LogP contribution in [-0.2, 0) is 0 Å². The number of methoxy groups -OCH3 is 1. The second-order valence-corrected chi connectivity index (χ2v) is 10.4. The molecule has 200 valence electrons. The molecule has 0 atom stereocenters. The highest BCUT2D eigenvalue weighted by atomic mass is 32.1. The van der Waals surface area contributed by atoms with E-state index in [1.807, 2.05) is 49.5 Å². The molecule has 0 bridgehead atoms. The topological polar surface area (TPSA) is 96.3 Å². The Kier molecular flexibility index (Phi) is 7.67. The van der Waals surface area contributed by atoms with Gasteiger partial charge in [0.1, 0.15) is 17.3 Å². The van der Waals surface area contributed by atoms with E-state index in [1.165, 1.54) is 0 Å². The van der Waals surface area contributed by atoms with Gasteiger partial charge in [-0.3, -0.25) is 4.79 Å². The number of aromatic amines is 1. The molecule has 5 rings (SSSR count). The molecule has 1 amide bonds. The number of carbonyl (C=O) groups excluding carboxylic acids is 1. The number of nitrogen functional groups attached to an aromatic ring is 1. The van der Waals surface area contributed by atoms with E-state index >= 15 is 0 Å². The molecule has 8 heteroatoms. The van der Waals surface area contributed by atoms with Crippen molar-refractivity contribution in [3.8, 4) is 16.9 Å². The molecule has 5 aromatic rings. The highest BCUT2D eigenvalue weighted by Gasteiger charge is 2.17. The quantitative estimate of drug-likeness (QED) is 0.188. The van der Waals surface area contributed by atoms with Gasteiger partial charge in [-0.2, -0.15) is 0 Å². The molecule has 0 saturated carbocycles. The zero-order chi connectivity index (χ0) is 27.5. The number of pyridine rings is 1. The Morgan fingerprint density at radius 2 is 2.00 bits per heavy atom. The summed E-state index contributed by atoms with van der Waals surface area (Å²) in [6.07, 6.45) is 6.13. The molecule has 3 aromatic heterocycles. The molecule has 3 heterocycles. The number of likely N-dealkylation sites (N-methyl/N-ethyl adjacent to an activating group) is 1. The summed E-state index contributed by atoms with van der Waals surface area (Å²) in [5, 5.41) is 7.01. The van der Waals surface area contributed by atoms with Gasteiger partial charge in [0.25, 0.3) is 5.91 Å². The van der Waals surface area contributed by atoms with E-state index in [1.54, 1.807) is 18.4 Å². The maximum atomic E-state index is 13.0. The summed E-state index contributed by atoms with van der Waals surface area (Å²) in [6, 6.07) is 13.7. The second-order valence-electron chi connectivity index (χ2n) is 9.48. The van der Waals surface area contributed by atoms with Crippen molar-refractivity contribution in [1.82, 2.24) is 14.9 Å². The van der Waals surface area contributed by atoms with Crippen LogP contribution in [0.2, 0.25) is 0 Å². The lowest BCUT2D eigenvalue weighted by Crippen LogP contribution is -2.22. The maximum absolute atomic E-state index is 13.0. The lowest BCUT2D eigenvalue weighted by molar-refractivity contribution is 0.102. The van der Waals surface area contributed by atoms with Crippen LogP contribution in [0.5, 0.6) is 5.75 Å². The molecule has 0 aliphatic rings. The number of thiophene rings is 1. The lowest BCUT2D eigenvalue weighted by Gasteiger charge is -2.14. The van der Waals surface area contributed by atoms with E-state index in [9.17, 15) is 4.79 Å². The van der Waals surface area contributed by atoms with Gasteiger partial charge >= 0.3 is 0 Å². The molecular formula is C31H33N5O2S. The molecule has 4 N–H and O–H groups in total. The summed E-state index contributed by atoms with van der Waals surface area (Å²) in [7, 11) is 1.60. The van der Waals surface area contributed by atoms with Gasteiger partial charge in [0, 0.05) is 44.9 Å². The molecule has 0 aliphatic carbocycles. The summed E-state index contributed by atoms with van der Waals surface area (Å²) in [5.74, 6) is 0.826. The zero-order valence-corrected chi connectivity index (χ0v) is 23.5. The van der Waals surface area contributed by atoms with Crippen molar-refractivity contribution in [1.29, 1.82) is 0 Å². The van der Waals surface area contributed by atoms with Crippen molar-refractivity contribution >= 4 is 55.8 Å². The Morgan fingerprint density at radius 3 is 2.77 bits per heavy atom. The van der Waals surface area contributed by atoms with Crippen molar-refractivity contribution in [2.45, 2.75) is 20.8 Å². The van der Waals surface area contributed by atoms with Gasteiger partial charge in [0.2, 0.25) is 0 Å². The molecule has 39 heavy (non-hydrogen) atoms. The Hall–Kier alpha value is -4.14. The van der Waals surface area contributed by atoms with Crippen molar-refractivity contribution < 1.29 is 9.53 Å². The predicted octanol–water partition coefficient (Wildman–Crippen LogP) is 6.95. The number of anilines is 2. The second kappa shape index (κ2) is 11.3. The average molecular weight is 540 g/mol. The number of ether oxygens (including phenoxy) is 1. The normalized spacial score (nSPS) is 11.7. The van der Waals surface area contributed by atoms with Crippen LogP contribution >= 0.6 is 11.3 Å². The highest BCUT2D eigenvalue weighted by Crippen LogP contribution is 2.41. The third kappa shape index (κ3) is 5.39. The Balaban J connectivity index is 1.43. The van der Waals surface area contributed by atoms with Crippen molar-refractivity contribution in [3.05, 3.63) is 76.9 Å². The number of H-pyrrole nitrogens is 1. The number of fused-ring (bicyclic) bond motifs is 2. The first kappa shape index (κ1) is 26.5. The van der Waals surface area contributed by atoms with Crippen molar-refractivity contribution in [3.63, 3.8) is 0 Å². The number of carbonyl (C=O) groups is 1. The van der Waals surface area contributed by atoms with Crippen LogP contribution in [0.4, 0.5) is 11.5 Å². The molecule has 0 radical (unpaired) electrons. The first-order chi connectivity index (χ1) is 18.9. The highest BCUT2D eigenvalue weighted by molar-refractivity contribution is 7.18. The van der Waals surface area contributed by atoms with Crippen LogP contribution in [-0.4, -0.2) is 47.5 Å². The van der Waals surface area contributed by atoms with Crippen LogP contribution in [0.15, 0.2) is 60.1 Å². The van der Waals surface area contributed by atoms with Crippen molar-refractivity contribution in [2.24, 2.45) is 0 Å². The summed E-state index contributed by atoms with van der Waals surface area (Å²) < 4.78 is 6.77. The molecular weight excluding hydrogens is 506 g/mol. The standard InChI is InChI=1S/C31H33N5O2S/c1-5-36(6-2)13-7-8-21-17-33-30(32)28-23(18-39-29(21)28)20-10-12-25(27(16-20)38-4)35-31(37)26-15-22-14-19(3)9-11-24(22)34-26/h7-12,14-18,34H,5-6,13H2,1-4H3,(H2,32,33)(H,35,37)/b8-7+. The molecule has 7 nitrogen and oxygen atoms in total. The number of hydrogen-bond donors (Lipinski definition) is 3. The number of nitrogens with two attached hydrogens (primary N) is 1. The summed E-state index contributed by atoms with van der Waals surface area (Å²) in [6.45, 7) is 9.28. The molecule has 0 unspecified atom stereocenters. The number of nitrogens with one attached hydrogen (secondary N) is 2. The van der Waals surface area contributed by atoms with Gasteiger partial charge in [-0.1, -0.05) is 43.7 Å². The Morgan fingerprint density at radius 1 is 1.18 bits per heavy atom. The smallest absolute Gasteiger partial charge is 0.272 e. The zero-order valence-electron chi connectivity index (χ0n) is 22.7. The Labute approximate surface area is 232 Å². The molecule has 0 saturated heterocycles. The number of benzene rings is 2. The third-order valence-electron chi connectivity index (χ3n) is 6.99. The SMILES string of the molecule is CCN(CC)C/C=C/c1cnc(N)c2c(-c3ccc(NC(=O)c4cc5cc(C)ccc5[nH]4)c(OC)c3)csc12. The molecule has 0 aliphatic heterocycles. The number of nitrogens with zero attached hydrogens (tertiary/aromatic N) is 2. The van der Waals surface area contributed by atoms with Crippen LogP contribution in [0.25, 0.3) is 38.2 Å². The van der Waals surface area contributed by atoms with Crippen molar-refractivity contribution in [2.75, 3.05) is 37.8 Å². The van der Waals surface area contributed by atoms with E-state index in [-0.39, 0.29) is 5.91 Å². The largest absolute Gasteiger partial charge is 0.495 e. The van der Waals surface area contributed by atoms with Gasteiger partial charge in [0.05, 0.1) is 12.8 Å². The third-order valence-corrected chi connectivity index (χ3v) is 8.02. The minimum Gasteiger partial charge on any atom is -0.495 e. The number of aromatic nitrogens is 2. The summed E-state index contributed by atoms with van der Waals surface area (Å²) in [4.78, 5) is 23.1. The molecule has 0 spiro atoms. The van der Waals surface area contributed by atoms with Crippen LogP contribution in [0, 0.1) is 6.92 Å². The first-order valence-electron chi connectivity index (χ1n) is 13.1. The van der Waals surface area contributed by atoms with Gasteiger partial charge < -0.3 is 25.7 Å². The number of amides is 1. The van der Waals surface area contributed by atoms with E-state index in [4.69, 9.17) is 10.5 Å². The lowest BCUT2D eigenvalue weighted by atomic mass is 10.0. The molecule has 0 fully saturated rings.